The standard InChI is InChI=1S/C13H24N2O4/c1-13(2,3)19-12(17)4-5-14-10-11(16)15-6-8-18-9-7-15/h14H,4-10H2,1-3H3. The Hall–Kier alpha value is -1.14. The Morgan fingerprint density at radius 1 is 1.26 bits per heavy atom. The fraction of sp³-hybridized carbons (Fsp3) is 0.846. The highest BCUT2D eigenvalue weighted by molar-refractivity contribution is 5.78. The van der Waals surface area contributed by atoms with E-state index >= 15 is 0 Å². The van der Waals surface area contributed by atoms with E-state index in [0.717, 1.165) is 0 Å². The summed E-state index contributed by atoms with van der Waals surface area (Å²) >= 11 is 0. The summed E-state index contributed by atoms with van der Waals surface area (Å²) in [5, 5.41) is 2.97. The van der Waals surface area contributed by atoms with Crippen LogP contribution in [0, 0.1) is 0 Å². The highest BCUT2D eigenvalue weighted by Gasteiger charge is 2.17. The van der Waals surface area contributed by atoms with Crippen molar-refractivity contribution in [3.05, 3.63) is 0 Å². The molecule has 0 aliphatic carbocycles. The van der Waals surface area contributed by atoms with E-state index < -0.39 is 5.60 Å². The minimum Gasteiger partial charge on any atom is -0.460 e. The van der Waals surface area contributed by atoms with Crippen molar-refractivity contribution >= 4 is 11.9 Å². The molecule has 1 saturated heterocycles. The lowest BCUT2D eigenvalue weighted by molar-refractivity contribution is -0.154. The van der Waals surface area contributed by atoms with Crippen LogP contribution in [-0.2, 0) is 19.1 Å². The number of carbonyl (C=O) groups excluding carboxylic acids is 2. The van der Waals surface area contributed by atoms with E-state index in [-0.39, 0.29) is 24.8 Å². The molecule has 0 spiro atoms. The first-order chi connectivity index (χ1) is 8.88. The highest BCUT2D eigenvalue weighted by atomic mass is 16.6. The van der Waals surface area contributed by atoms with Gasteiger partial charge in [0.25, 0.3) is 0 Å². The van der Waals surface area contributed by atoms with E-state index in [1.54, 1.807) is 4.90 Å². The van der Waals surface area contributed by atoms with Crippen LogP contribution in [0.25, 0.3) is 0 Å². The van der Waals surface area contributed by atoms with E-state index in [2.05, 4.69) is 5.32 Å². The number of carbonyl (C=O) groups is 2. The van der Waals surface area contributed by atoms with Crippen molar-refractivity contribution in [3.8, 4) is 0 Å². The zero-order chi connectivity index (χ0) is 14.3. The normalized spacial score (nSPS) is 16.3. The van der Waals surface area contributed by atoms with Gasteiger partial charge in [0.2, 0.25) is 5.91 Å². The van der Waals surface area contributed by atoms with Gasteiger partial charge in [0, 0.05) is 19.6 Å². The van der Waals surface area contributed by atoms with Gasteiger partial charge in [-0.2, -0.15) is 0 Å². The number of esters is 1. The molecule has 1 amide bonds. The number of hydrogen-bond donors (Lipinski definition) is 1. The smallest absolute Gasteiger partial charge is 0.307 e. The van der Waals surface area contributed by atoms with Crippen molar-refractivity contribution in [2.45, 2.75) is 32.8 Å². The van der Waals surface area contributed by atoms with Gasteiger partial charge in [0.05, 0.1) is 26.2 Å². The minimum absolute atomic E-state index is 0.0486. The molecule has 110 valence electrons. The largest absolute Gasteiger partial charge is 0.460 e. The number of ether oxygens (including phenoxy) is 2. The van der Waals surface area contributed by atoms with Gasteiger partial charge in [0.1, 0.15) is 5.60 Å². The molecule has 1 N–H and O–H groups in total. The number of nitrogens with zero attached hydrogens (tertiary/aromatic N) is 1. The molecule has 19 heavy (non-hydrogen) atoms. The van der Waals surface area contributed by atoms with Crippen molar-refractivity contribution in [1.82, 2.24) is 10.2 Å². The molecule has 0 unspecified atom stereocenters. The zero-order valence-corrected chi connectivity index (χ0v) is 12.0. The number of nitrogens with one attached hydrogen (secondary N) is 1. The van der Waals surface area contributed by atoms with Crippen LogP contribution in [0.4, 0.5) is 0 Å². The summed E-state index contributed by atoms with van der Waals surface area (Å²) in [6.45, 7) is 8.70. The number of amides is 1. The Kier molecular flexibility index (Phi) is 6.24. The summed E-state index contributed by atoms with van der Waals surface area (Å²) in [6, 6.07) is 0. The van der Waals surface area contributed by atoms with E-state index in [1.807, 2.05) is 20.8 Å². The van der Waals surface area contributed by atoms with Crippen molar-refractivity contribution in [2.75, 3.05) is 39.4 Å². The van der Waals surface area contributed by atoms with Gasteiger partial charge in [-0.15, -0.1) is 0 Å². The SMILES string of the molecule is CC(C)(C)OC(=O)CCNCC(=O)N1CCOCC1. The van der Waals surface area contributed by atoms with Crippen LogP contribution in [-0.4, -0.2) is 61.8 Å². The molecule has 0 saturated carbocycles. The topological polar surface area (TPSA) is 67.9 Å². The Bertz CT molecular complexity index is 306. The van der Waals surface area contributed by atoms with Gasteiger partial charge < -0.3 is 19.7 Å². The summed E-state index contributed by atoms with van der Waals surface area (Å²) in [4.78, 5) is 25.0. The molecule has 0 aromatic heterocycles. The minimum atomic E-state index is -0.458. The Labute approximate surface area is 114 Å². The molecule has 0 radical (unpaired) electrons. The fourth-order valence-corrected chi connectivity index (χ4v) is 1.70. The average Bonchev–Trinajstić information content (AvgIpc) is 2.33. The first kappa shape index (κ1) is 15.9. The predicted octanol–water partition coefficient (Wildman–Crippen LogP) is 0.167. The van der Waals surface area contributed by atoms with Crippen molar-refractivity contribution < 1.29 is 19.1 Å². The molecular formula is C13H24N2O4. The maximum Gasteiger partial charge on any atom is 0.307 e. The van der Waals surface area contributed by atoms with Crippen molar-refractivity contribution in [2.24, 2.45) is 0 Å². The van der Waals surface area contributed by atoms with Gasteiger partial charge in [-0.1, -0.05) is 0 Å². The summed E-state index contributed by atoms with van der Waals surface area (Å²) in [5.74, 6) is -0.202. The zero-order valence-electron chi connectivity index (χ0n) is 12.0. The first-order valence-corrected chi connectivity index (χ1v) is 6.66. The van der Waals surface area contributed by atoms with Crippen LogP contribution in [0.3, 0.4) is 0 Å². The van der Waals surface area contributed by atoms with E-state index in [0.29, 0.717) is 32.8 Å². The Morgan fingerprint density at radius 2 is 1.89 bits per heavy atom. The van der Waals surface area contributed by atoms with Crippen LogP contribution >= 0.6 is 0 Å². The Balaban J connectivity index is 2.10. The molecule has 1 aliphatic rings. The lowest BCUT2D eigenvalue weighted by Gasteiger charge is -2.27. The van der Waals surface area contributed by atoms with E-state index in [1.165, 1.54) is 0 Å². The van der Waals surface area contributed by atoms with Crippen molar-refractivity contribution in [3.63, 3.8) is 0 Å². The summed E-state index contributed by atoms with van der Waals surface area (Å²) < 4.78 is 10.3. The van der Waals surface area contributed by atoms with Gasteiger partial charge in [-0.25, -0.2) is 0 Å². The molecule has 1 heterocycles. The molecule has 0 bridgehead atoms. The number of morpholine rings is 1. The monoisotopic (exact) mass is 272 g/mol. The van der Waals surface area contributed by atoms with Gasteiger partial charge in [0.15, 0.2) is 0 Å². The Morgan fingerprint density at radius 3 is 2.47 bits per heavy atom. The molecule has 0 aromatic carbocycles. The van der Waals surface area contributed by atoms with Crippen LogP contribution in [0.2, 0.25) is 0 Å². The van der Waals surface area contributed by atoms with E-state index in [4.69, 9.17) is 9.47 Å². The third-order valence-corrected chi connectivity index (χ3v) is 2.57. The number of hydrogen-bond acceptors (Lipinski definition) is 5. The summed E-state index contributed by atoms with van der Waals surface area (Å²) in [6.07, 6.45) is 0.271. The first-order valence-electron chi connectivity index (χ1n) is 6.66. The second-order valence-electron chi connectivity index (χ2n) is 5.51. The van der Waals surface area contributed by atoms with Gasteiger partial charge >= 0.3 is 5.97 Å². The van der Waals surface area contributed by atoms with Crippen LogP contribution in [0.5, 0.6) is 0 Å². The second kappa shape index (κ2) is 7.45. The summed E-state index contributed by atoms with van der Waals surface area (Å²) in [5.41, 5.74) is -0.458. The van der Waals surface area contributed by atoms with Gasteiger partial charge in [-0.05, 0) is 20.8 Å². The molecule has 6 heteroatoms. The summed E-state index contributed by atoms with van der Waals surface area (Å²) in [7, 11) is 0. The molecular weight excluding hydrogens is 248 g/mol. The van der Waals surface area contributed by atoms with Crippen LogP contribution < -0.4 is 5.32 Å². The van der Waals surface area contributed by atoms with Crippen LogP contribution in [0.1, 0.15) is 27.2 Å². The number of rotatable bonds is 5. The quantitative estimate of drug-likeness (QED) is 0.570. The van der Waals surface area contributed by atoms with Gasteiger partial charge in [-0.3, -0.25) is 9.59 Å². The molecule has 1 aliphatic heterocycles. The molecule has 1 rings (SSSR count). The van der Waals surface area contributed by atoms with Crippen LogP contribution in [0.15, 0.2) is 0 Å². The van der Waals surface area contributed by atoms with Crippen molar-refractivity contribution in [1.29, 1.82) is 0 Å². The second-order valence-corrected chi connectivity index (χ2v) is 5.51. The predicted molar refractivity (Wildman–Crippen MR) is 70.7 cm³/mol. The molecule has 0 aromatic rings. The lowest BCUT2D eigenvalue weighted by atomic mass is 10.2. The molecule has 1 fully saturated rings. The maximum atomic E-state index is 11.8. The average molecular weight is 272 g/mol. The highest BCUT2D eigenvalue weighted by Crippen LogP contribution is 2.07. The molecule has 0 atom stereocenters. The third-order valence-electron chi connectivity index (χ3n) is 2.57. The van der Waals surface area contributed by atoms with E-state index in [9.17, 15) is 9.59 Å². The third kappa shape index (κ3) is 7.12. The molecule has 6 nitrogen and oxygen atoms in total. The maximum absolute atomic E-state index is 11.8. The lowest BCUT2D eigenvalue weighted by Crippen LogP contribution is -2.45. The fourth-order valence-electron chi connectivity index (χ4n) is 1.70.